The highest BCUT2D eigenvalue weighted by Gasteiger charge is 2.41. The number of aliphatic hydroxyl groups excluding tert-OH is 3. The van der Waals surface area contributed by atoms with Gasteiger partial charge in [0.05, 0.1) is 24.8 Å². The monoisotopic (exact) mass is 409 g/mol. The van der Waals surface area contributed by atoms with Crippen LogP contribution in [0.15, 0.2) is 12.1 Å². The molecule has 0 amide bonds. The van der Waals surface area contributed by atoms with E-state index in [1.54, 1.807) is 13.1 Å². The number of nitrogens with zero attached hydrogens (tertiary/aromatic N) is 3. The molecule has 1 aliphatic carbocycles. The highest BCUT2D eigenvalue weighted by atomic mass is 35.5. The number of aryl methyl sites for hydroxylation is 1. The van der Waals surface area contributed by atoms with Gasteiger partial charge >= 0.3 is 0 Å². The van der Waals surface area contributed by atoms with Crippen molar-refractivity contribution in [1.29, 1.82) is 0 Å². The highest BCUT2D eigenvalue weighted by molar-refractivity contribution is 6.32. The van der Waals surface area contributed by atoms with Crippen LogP contribution in [0.1, 0.15) is 12.1 Å². The zero-order valence-electron chi connectivity index (χ0n) is 15.8. The number of hydrogen-bond acceptors (Lipinski definition) is 9. The van der Waals surface area contributed by atoms with E-state index in [9.17, 15) is 15.3 Å². The molecule has 2 aromatic rings. The van der Waals surface area contributed by atoms with E-state index in [4.69, 9.17) is 16.3 Å². The van der Waals surface area contributed by atoms with Crippen LogP contribution >= 0.6 is 11.6 Å². The molecule has 152 valence electrons. The van der Waals surface area contributed by atoms with Gasteiger partial charge in [0.25, 0.3) is 0 Å². The Kier molecular flexibility index (Phi) is 6.19. The minimum absolute atomic E-state index is 0.211. The van der Waals surface area contributed by atoms with Crippen LogP contribution in [0.3, 0.4) is 0 Å². The van der Waals surface area contributed by atoms with Crippen molar-refractivity contribution in [3.63, 3.8) is 0 Å². The van der Waals surface area contributed by atoms with Gasteiger partial charge in [0.1, 0.15) is 17.1 Å². The van der Waals surface area contributed by atoms with Crippen LogP contribution in [0, 0.1) is 12.8 Å². The molecule has 0 aliphatic heterocycles. The predicted octanol–water partition coefficient (Wildman–Crippen LogP) is 1.07. The molecule has 0 aromatic carbocycles. The quantitative estimate of drug-likeness (QED) is 0.444. The van der Waals surface area contributed by atoms with Crippen molar-refractivity contribution < 1.29 is 20.1 Å². The van der Waals surface area contributed by atoms with Crippen LogP contribution < -0.4 is 15.4 Å². The van der Waals surface area contributed by atoms with Crippen molar-refractivity contribution >= 4 is 23.4 Å². The molecule has 4 atom stereocenters. The standard InChI is InChI=1S/C18H24ClN5O4/c1-8-10(4-5-12(21-8)28-3)13-16(19)23-18(20-2)24-17(13)22-11-6-9(7-25)14(26)15(11)27/h4-5,9,11,14-15,25-27H,6-7H2,1-3H3,(H2,20,22,23,24)/t9-,11-,14-,15+/m1/s1. The van der Waals surface area contributed by atoms with Gasteiger partial charge in [0, 0.05) is 36.9 Å². The summed E-state index contributed by atoms with van der Waals surface area (Å²) >= 11 is 6.46. The molecule has 0 saturated heterocycles. The first kappa shape index (κ1) is 20.5. The molecule has 2 aromatic heterocycles. The lowest BCUT2D eigenvalue weighted by Crippen LogP contribution is -2.35. The zero-order valence-corrected chi connectivity index (χ0v) is 16.6. The molecular weight excluding hydrogens is 386 g/mol. The van der Waals surface area contributed by atoms with Crippen molar-refractivity contribution in [2.24, 2.45) is 5.92 Å². The number of pyridine rings is 1. The minimum Gasteiger partial charge on any atom is -0.481 e. The summed E-state index contributed by atoms with van der Waals surface area (Å²) in [5, 5.41) is 36.1. The summed E-state index contributed by atoms with van der Waals surface area (Å²) in [6, 6.07) is 3.02. The average molecular weight is 410 g/mol. The Morgan fingerprint density at radius 1 is 1.21 bits per heavy atom. The molecule has 0 spiro atoms. The SMILES string of the molecule is CNc1nc(Cl)c(-c2ccc(OC)nc2C)c(N[C@@H]2C[C@H](CO)[C@@H](O)[C@H]2O)n1. The predicted molar refractivity (Wildman–Crippen MR) is 106 cm³/mol. The van der Waals surface area contributed by atoms with Gasteiger partial charge in [-0.1, -0.05) is 11.6 Å². The highest BCUT2D eigenvalue weighted by Crippen LogP contribution is 2.38. The van der Waals surface area contributed by atoms with Gasteiger partial charge in [-0.15, -0.1) is 0 Å². The summed E-state index contributed by atoms with van der Waals surface area (Å²) in [6.07, 6.45) is -1.68. The van der Waals surface area contributed by atoms with Crippen molar-refractivity contribution in [2.75, 3.05) is 31.4 Å². The Morgan fingerprint density at radius 2 is 1.96 bits per heavy atom. The first-order chi connectivity index (χ1) is 13.4. The molecule has 28 heavy (non-hydrogen) atoms. The molecule has 0 bridgehead atoms. The maximum Gasteiger partial charge on any atom is 0.225 e. The normalized spacial score (nSPS) is 24.2. The summed E-state index contributed by atoms with van der Waals surface area (Å²) in [4.78, 5) is 13.1. The van der Waals surface area contributed by atoms with E-state index in [-0.39, 0.29) is 11.8 Å². The van der Waals surface area contributed by atoms with E-state index >= 15 is 0 Å². The lowest BCUT2D eigenvalue weighted by atomic mass is 10.1. The topological polar surface area (TPSA) is 133 Å². The lowest BCUT2D eigenvalue weighted by molar-refractivity contribution is 0.00446. The van der Waals surface area contributed by atoms with Crippen molar-refractivity contribution in [1.82, 2.24) is 15.0 Å². The molecule has 2 heterocycles. The minimum atomic E-state index is -1.05. The smallest absolute Gasteiger partial charge is 0.225 e. The number of rotatable bonds is 6. The Labute approximate surface area is 167 Å². The van der Waals surface area contributed by atoms with Crippen LogP contribution in [0.5, 0.6) is 5.88 Å². The number of methoxy groups -OCH3 is 1. The van der Waals surface area contributed by atoms with E-state index in [0.29, 0.717) is 40.9 Å². The molecule has 9 nitrogen and oxygen atoms in total. The van der Waals surface area contributed by atoms with Crippen molar-refractivity contribution in [3.8, 4) is 17.0 Å². The van der Waals surface area contributed by atoms with Gasteiger partial charge in [-0.05, 0) is 19.4 Å². The van der Waals surface area contributed by atoms with E-state index in [1.165, 1.54) is 7.11 Å². The number of ether oxygens (including phenoxy) is 1. The molecule has 1 saturated carbocycles. The van der Waals surface area contributed by atoms with Crippen LogP contribution in [0.2, 0.25) is 5.15 Å². The van der Waals surface area contributed by atoms with Gasteiger partial charge in [-0.25, -0.2) is 9.97 Å². The van der Waals surface area contributed by atoms with E-state index in [0.717, 1.165) is 0 Å². The van der Waals surface area contributed by atoms with Gasteiger partial charge in [-0.3, -0.25) is 0 Å². The van der Waals surface area contributed by atoms with Crippen LogP contribution in [0.25, 0.3) is 11.1 Å². The first-order valence-corrected chi connectivity index (χ1v) is 9.28. The molecule has 1 aliphatic rings. The molecule has 10 heteroatoms. The molecule has 0 radical (unpaired) electrons. The second-order valence-electron chi connectivity index (χ2n) is 6.71. The molecular formula is C18H24ClN5O4. The zero-order chi connectivity index (χ0) is 20.4. The number of anilines is 2. The third kappa shape index (κ3) is 3.83. The van der Waals surface area contributed by atoms with Gasteiger partial charge in [0.15, 0.2) is 0 Å². The van der Waals surface area contributed by atoms with Gasteiger partial charge < -0.3 is 30.7 Å². The van der Waals surface area contributed by atoms with Gasteiger partial charge in [-0.2, -0.15) is 4.98 Å². The number of hydrogen-bond donors (Lipinski definition) is 5. The Hall–Kier alpha value is -2.20. The van der Waals surface area contributed by atoms with Crippen LogP contribution in [-0.4, -0.2) is 69.3 Å². The number of nitrogens with one attached hydrogen (secondary N) is 2. The number of aromatic nitrogens is 3. The summed E-state index contributed by atoms with van der Waals surface area (Å²) in [5.74, 6) is 0.762. The van der Waals surface area contributed by atoms with E-state index in [2.05, 4.69) is 25.6 Å². The molecule has 0 unspecified atom stereocenters. The second kappa shape index (κ2) is 8.44. The summed E-state index contributed by atoms with van der Waals surface area (Å²) in [5.41, 5.74) is 1.91. The fourth-order valence-corrected chi connectivity index (χ4v) is 3.70. The van der Waals surface area contributed by atoms with Gasteiger partial charge in [0.2, 0.25) is 11.8 Å². The lowest BCUT2D eigenvalue weighted by Gasteiger charge is -2.21. The number of halogens is 1. The summed E-state index contributed by atoms with van der Waals surface area (Å²) in [7, 11) is 3.21. The summed E-state index contributed by atoms with van der Waals surface area (Å²) < 4.78 is 5.16. The fourth-order valence-electron chi connectivity index (χ4n) is 3.43. The maximum absolute atomic E-state index is 10.4. The third-order valence-corrected chi connectivity index (χ3v) is 5.26. The molecule has 1 fully saturated rings. The Morgan fingerprint density at radius 3 is 2.54 bits per heavy atom. The Balaban J connectivity index is 2.04. The molecule has 5 N–H and O–H groups in total. The van der Waals surface area contributed by atoms with E-state index < -0.39 is 24.2 Å². The van der Waals surface area contributed by atoms with Crippen LogP contribution in [-0.2, 0) is 0 Å². The fraction of sp³-hybridized carbons (Fsp3) is 0.500. The van der Waals surface area contributed by atoms with Crippen LogP contribution in [0.4, 0.5) is 11.8 Å². The first-order valence-electron chi connectivity index (χ1n) is 8.90. The second-order valence-corrected chi connectivity index (χ2v) is 7.07. The number of aliphatic hydroxyl groups is 3. The third-order valence-electron chi connectivity index (χ3n) is 4.99. The van der Waals surface area contributed by atoms with Crippen molar-refractivity contribution in [2.45, 2.75) is 31.6 Å². The largest absolute Gasteiger partial charge is 0.481 e. The Bertz CT molecular complexity index is 853. The summed E-state index contributed by atoms with van der Waals surface area (Å²) in [6.45, 7) is 1.61. The molecule has 3 rings (SSSR count). The van der Waals surface area contributed by atoms with Crippen molar-refractivity contribution in [3.05, 3.63) is 23.0 Å². The van der Waals surface area contributed by atoms with E-state index in [1.807, 2.05) is 13.0 Å². The maximum atomic E-state index is 10.4. The average Bonchev–Trinajstić information content (AvgIpc) is 2.96.